The van der Waals surface area contributed by atoms with E-state index in [0.717, 1.165) is 6.42 Å². The highest BCUT2D eigenvalue weighted by Crippen LogP contribution is 2.35. The van der Waals surface area contributed by atoms with E-state index in [9.17, 15) is 4.79 Å². The molecule has 0 amide bonds. The van der Waals surface area contributed by atoms with Crippen molar-refractivity contribution in [2.75, 3.05) is 0 Å². The van der Waals surface area contributed by atoms with Crippen LogP contribution in [0.2, 0.25) is 0 Å². The quantitative estimate of drug-likeness (QED) is 0.651. The summed E-state index contributed by atoms with van der Waals surface area (Å²) < 4.78 is 5.89. The predicted octanol–water partition coefficient (Wildman–Crippen LogP) is 5.72. The van der Waals surface area contributed by atoms with Crippen molar-refractivity contribution >= 4 is 5.97 Å². The van der Waals surface area contributed by atoms with Crippen molar-refractivity contribution in [3.63, 3.8) is 0 Å². The van der Waals surface area contributed by atoms with Crippen LogP contribution in [0.4, 0.5) is 0 Å². The topological polar surface area (TPSA) is 26.3 Å². The van der Waals surface area contributed by atoms with Gasteiger partial charge in [0.25, 0.3) is 0 Å². The zero-order chi connectivity index (χ0) is 16.2. The minimum absolute atomic E-state index is 0.180. The van der Waals surface area contributed by atoms with E-state index in [0.29, 0.717) is 17.4 Å². The molecule has 22 heavy (non-hydrogen) atoms. The Labute approximate surface area is 135 Å². The molecule has 1 atom stereocenters. The lowest BCUT2D eigenvalue weighted by Crippen LogP contribution is -2.37. The first-order valence-corrected chi connectivity index (χ1v) is 8.77. The molecule has 1 saturated carbocycles. The van der Waals surface area contributed by atoms with Crippen molar-refractivity contribution in [1.29, 1.82) is 0 Å². The summed E-state index contributed by atoms with van der Waals surface area (Å²) in [5, 5.41) is 0. The van der Waals surface area contributed by atoms with Crippen molar-refractivity contribution in [3.05, 3.63) is 35.4 Å². The largest absolute Gasteiger partial charge is 0.456 e. The van der Waals surface area contributed by atoms with E-state index >= 15 is 0 Å². The second-order valence-electron chi connectivity index (χ2n) is 7.26. The van der Waals surface area contributed by atoms with E-state index in [1.807, 2.05) is 18.2 Å². The third kappa shape index (κ3) is 4.12. The van der Waals surface area contributed by atoms with E-state index < -0.39 is 0 Å². The fourth-order valence-corrected chi connectivity index (χ4v) is 3.39. The molecule has 0 heterocycles. The van der Waals surface area contributed by atoms with Crippen molar-refractivity contribution in [2.24, 2.45) is 5.92 Å². The van der Waals surface area contributed by atoms with Gasteiger partial charge < -0.3 is 4.74 Å². The van der Waals surface area contributed by atoms with Gasteiger partial charge in [0.05, 0.1) is 5.56 Å². The van der Waals surface area contributed by atoms with Crippen LogP contribution >= 0.6 is 0 Å². The predicted molar refractivity (Wildman–Crippen MR) is 91.2 cm³/mol. The lowest BCUT2D eigenvalue weighted by atomic mass is 9.79. The van der Waals surface area contributed by atoms with E-state index in [1.54, 1.807) is 0 Å². The van der Waals surface area contributed by atoms with Gasteiger partial charge >= 0.3 is 5.97 Å². The van der Waals surface area contributed by atoms with Gasteiger partial charge in [-0.15, -0.1) is 0 Å². The maximum Gasteiger partial charge on any atom is 0.338 e. The molecule has 0 spiro atoms. The maximum atomic E-state index is 12.5. The van der Waals surface area contributed by atoms with Gasteiger partial charge in [-0.2, -0.15) is 0 Å². The monoisotopic (exact) mass is 302 g/mol. The molecule has 2 nitrogen and oxygen atoms in total. The highest BCUT2D eigenvalue weighted by Gasteiger charge is 2.34. The van der Waals surface area contributed by atoms with Crippen LogP contribution in [0.25, 0.3) is 0 Å². The summed E-state index contributed by atoms with van der Waals surface area (Å²) in [7, 11) is 0. The lowest BCUT2D eigenvalue weighted by molar-refractivity contribution is -0.0384. The summed E-state index contributed by atoms with van der Waals surface area (Å²) in [5.41, 5.74) is 1.53. The van der Waals surface area contributed by atoms with Gasteiger partial charge in [0, 0.05) is 0 Å². The molecular weight excluding hydrogens is 272 g/mol. The molecule has 1 fully saturated rings. The van der Waals surface area contributed by atoms with Crippen LogP contribution < -0.4 is 0 Å². The van der Waals surface area contributed by atoms with Crippen LogP contribution in [0.1, 0.15) is 88.1 Å². The summed E-state index contributed by atoms with van der Waals surface area (Å²) in [4.78, 5) is 12.5. The Balaban J connectivity index is 2.07. The van der Waals surface area contributed by atoms with Gasteiger partial charge in [-0.3, -0.25) is 0 Å². The Kier molecular flexibility index (Phi) is 5.66. The number of hydrogen-bond donors (Lipinski definition) is 0. The Morgan fingerprint density at radius 2 is 1.95 bits per heavy atom. The second kappa shape index (κ2) is 7.30. The molecule has 1 aromatic rings. The van der Waals surface area contributed by atoms with Crippen LogP contribution in [-0.4, -0.2) is 11.6 Å². The van der Waals surface area contributed by atoms with Crippen LogP contribution in [0.3, 0.4) is 0 Å². The number of esters is 1. The first-order valence-electron chi connectivity index (χ1n) is 8.77. The molecule has 1 aromatic carbocycles. The van der Waals surface area contributed by atoms with Crippen LogP contribution in [0.15, 0.2) is 24.3 Å². The number of carbonyl (C=O) groups is 1. The third-order valence-corrected chi connectivity index (χ3v) is 5.25. The average molecular weight is 302 g/mol. The van der Waals surface area contributed by atoms with Crippen molar-refractivity contribution < 1.29 is 9.53 Å². The van der Waals surface area contributed by atoms with E-state index in [1.165, 1.54) is 37.7 Å². The van der Waals surface area contributed by atoms with Crippen molar-refractivity contribution in [2.45, 2.75) is 77.7 Å². The summed E-state index contributed by atoms with van der Waals surface area (Å²) in [6.07, 6.45) is 7.26. The Morgan fingerprint density at radius 3 is 2.59 bits per heavy atom. The molecule has 0 N–H and O–H groups in total. The molecule has 1 unspecified atom stereocenters. The first-order chi connectivity index (χ1) is 10.4. The molecule has 0 aliphatic heterocycles. The Hall–Kier alpha value is -1.31. The fraction of sp³-hybridized carbons (Fsp3) is 0.650. The summed E-state index contributed by atoms with van der Waals surface area (Å²) in [6, 6.07) is 7.92. The smallest absolute Gasteiger partial charge is 0.338 e. The van der Waals surface area contributed by atoms with E-state index in [-0.39, 0.29) is 11.6 Å². The first kappa shape index (κ1) is 17.1. The molecule has 2 rings (SSSR count). The average Bonchev–Trinajstić information content (AvgIpc) is 2.54. The molecule has 0 radical (unpaired) electrons. The molecule has 2 heteroatoms. The number of hydrogen-bond acceptors (Lipinski definition) is 2. The standard InChI is InChI=1S/C20H30O2/c1-5-15(2)16-10-9-11-17(14-16)19(21)22-20(3,4)18-12-7-6-8-13-18/h9-11,14-15,18H,5-8,12-13H2,1-4H3. The minimum atomic E-state index is -0.371. The number of carbonyl (C=O) groups excluding carboxylic acids is 1. The zero-order valence-electron chi connectivity index (χ0n) is 14.5. The second-order valence-corrected chi connectivity index (χ2v) is 7.26. The number of rotatable bonds is 5. The summed E-state index contributed by atoms with van der Waals surface area (Å²) >= 11 is 0. The minimum Gasteiger partial charge on any atom is -0.456 e. The van der Waals surface area contributed by atoms with Crippen LogP contribution in [0.5, 0.6) is 0 Å². The molecule has 122 valence electrons. The van der Waals surface area contributed by atoms with Gasteiger partial charge in [-0.1, -0.05) is 45.2 Å². The van der Waals surface area contributed by atoms with Crippen molar-refractivity contribution in [3.8, 4) is 0 Å². The molecule has 1 aliphatic carbocycles. The summed E-state index contributed by atoms with van der Waals surface area (Å²) in [6.45, 7) is 8.50. The molecule has 1 aliphatic rings. The molecule has 0 bridgehead atoms. The van der Waals surface area contributed by atoms with Gasteiger partial charge in [0.1, 0.15) is 5.60 Å². The fourth-order valence-electron chi connectivity index (χ4n) is 3.39. The van der Waals surface area contributed by atoms with Crippen LogP contribution in [-0.2, 0) is 4.74 Å². The highest BCUT2D eigenvalue weighted by molar-refractivity contribution is 5.89. The summed E-state index contributed by atoms with van der Waals surface area (Å²) in [5.74, 6) is 0.780. The lowest BCUT2D eigenvalue weighted by Gasteiger charge is -2.36. The normalized spacial score (nSPS) is 18.0. The van der Waals surface area contributed by atoms with Gasteiger partial charge in [0.2, 0.25) is 0 Å². The number of ether oxygens (including phenoxy) is 1. The van der Waals surface area contributed by atoms with E-state index in [2.05, 4.69) is 33.8 Å². The van der Waals surface area contributed by atoms with Gasteiger partial charge in [-0.25, -0.2) is 4.79 Å². The van der Waals surface area contributed by atoms with Crippen LogP contribution in [0, 0.1) is 5.92 Å². The highest BCUT2D eigenvalue weighted by atomic mass is 16.6. The Bertz CT molecular complexity index is 498. The van der Waals surface area contributed by atoms with Gasteiger partial charge in [0.15, 0.2) is 0 Å². The molecular formula is C20H30O2. The molecule has 0 aromatic heterocycles. The number of benzene rings is 1. The Morgan fingerprint density at radius 1 is 1.27 bits per heavy atom. The molecule has 0 saturated heterocycles. The van der Waals surface area contributed by atoms with E-state index in [4.69, 9.17) is 4.74 Å². The SMILES string of the molecule is CCC(C)c1cccc(C(=O)OC(C)(C)C2CCCCC2)c1. The van der Waals surface area contributed by atoms with Gasteiger partial charge in [-0.05, 0) is 62.6 Å². The third-order valence-electron chi connectivity index (χ3n) is 5.25. The van der Waals surface area contributed by atoms with Crippen molar-refractivity contribution in [1.82, 2.24) is 0 Å². The zero-order valence-corrected chi connectivity index (χ0v) is 14.5. The maximum absolute atomic E-state index is 12.5.